The predicted molar refractivity (Wildman–Crippen MR) is 66.5 cm³/mol. The minimum Gasteiger partial charge on any atom is -0.288 e. The lowest BCUT2D eigenvalue weighted by Crippen LogP contribution is -1.94. The maximum absolute atomic E-state index is 4.56. The maximum atomic E-state index is 4.56. The summed E-state index contributed by atoms with van der Waals surface area (Å²) in [5.74, 6) is 0. The third kappa shape index (κ3) is 1.76. The Balaban J connectivity index is 2.03. The van der Waals surface area contributed by atoms with Gasteiger partial charge in [0, 0.05) is 29.0 Å². The molecule has 0 unspecified atom stereocenters. The highest BCUT2D eigenvalue weighted by atomic mass is 32.2. The number of hydrogen-bond donors (Lipinski definition) is 0. The van der Waals surface area contributed by atoms with Crippen LogP contribution in [0.15, 0.2) is 32.0 Å². The summed E-state index contributed by atoms with van der Waals surface area (Å²) in [4.78, 5) is 13.1. The quantitative estimate of drug-likeness (QED) is 0.819. The Morgan fingerprint density at radius 3 is 3.19 bits per heavy atom. The molecule has 0 saturated carbocycles. The third-order valence-corrected chi connectivity index (χ3v) is 4.20. The van der Waals surface area contributed by atoms with Crippen LogP contribution in [0.1, 0.15) is 16.8 Å². The summed E-state index contributed by atoms with van der Waals surface area (Å²) in [6.07, 6.45) is 3.73. The summed E-state index contributed by atoms with van der Waals surface area (Å²) in [5.41, 5.74) is 3.47. The fraction of sp³-hybridized carbons (Fsp3) is 0.182. The number of rotatable bonds is 2. The van der Waals surface area contributed by atoms with Crippen molar-refractivity contribution in [3.63, 3.8) is 0 Å². The van der Waals surface area contributed by atoms with Crippen LogP contribution in [0.2, 0.25) is 0 Å². The first kappa shape index (κ1) is 9.99. The molecular formula is C11H9N3S2. The fourth-order valence-electron chi connectivity index (χ4n) is 1.65. The van der Waals surface area contributed by atoms with Gasteiger partial charge in [0.1, 0.15) is 5.03 Å². The van der Waals surface area contributed by atoms with Gasteiger partial charge in [-0.05, 0) is 30.3 Å². The van der Waals surface area contributed by atoms with Crippen LogP contribution in [0.3, 0.4) is 0 Å². The van der Waals surface area contributed by atoms with Crippen molar-refractivity contribution in [2.45, 2.75) is 22.8 Å². The minimum atomic E-state index is 0.782. The molecule has 5 heteroatoms. The molecule has 0 N–H and O–H groups in total. The number of thiazole rings is 1. The van der Waals surface area contributed by atoms with Gasteiger partial charge in [0.15, 0.2) is 4.34 Å². The van der Waals surface area contributed by atoms with E-state index in [-0.39, 0.29) is 0 Å². The van der Waals surface area contributed by atoms with E-state index in [2.05, 4.69) is 21.0 Å². The van der Waals surface area contributed by atoms with E-state index in [1.807, 2.05) is 24.7 Å². The number of aliphatic imine (C=N–C) groups is 1. The SMILES string of the molecule is Cc1cc2c(c(Sc3nccs3)n1)C=NC2. The summed E-state index contributed by atoms with van der Waals surface area (Å²) >= 11 is 3.26. The summed E-state index contributed by atoms with van der Waals surface area (Å²) in [7, 11) is 0. The summed E-state index contributed by atoms with van der Waals surface area (Å²) in [6, 6.07) is 2.11. The molecule has 0 bridgehead atoms. The molecule has 1 aliphatic heterocycles. The first-order valence-corrected chi connectivity index (χ1v) is 6.60. The monoisotopic (exact) mass is 247 g/mol. The van der Waals surface area contributed by atoms with Gasteiger partial charge in [-0.15, -0.1) is 11.3 Å². The fourth-order valence-corrected chi connectivity index (χ4v) is 3.36. The van der Waals surface area contributed by atoms with E-state index in [4.69, 9.17) is 0 Å². The first-order valence-electron chi connectivity index (χ1n) is 4.90. The molecule has 80 valence electrons. The number of aryl methyl sites for hydroxylation is 1. The van der Waals surface area contributed by atoms with E-state index in [9.17, 15) is 0 Å². The van der Waals surface area contributed by atoms with Gasteiger partial charge >= 0.3 is 0 Å². The molecule has 0 aromatic carbocycles. The van der Waals surface area contributed by atoms with E-state index in [0.717, 1.165) is 27.2 Å². The normalized spacial score (nSPS) is 13.1. The topological polar surface area (TPSA) is 38.1 Å². The number of hydrogen-bond acceptors (Lipinski definition) is 5. The number of pyridine rings is 1. The van der Waals surface area contributed by atoms with Gasteiger partial charge in [-0.25, -0.2) is 9.97 Å². The van der Waals surface area contributed by atoms with Crippen molar-refractivity contribution in [3.05, 3.63) is 34.5 Å². The second kappa shape index (κ2) is 3.99. The van der Waals surface area contributed by atoms with Crippen LogP contribution in [0.25, 0.3) is 0 Å². The molecule has 0 aliphatic carbocycles. The molecule has 16 heavy (non-hydrogen) atoms. The van der Waals surface area contributed by atoms with Gasteiger partial charge in [-0.2, -0.15) is 0 Å². The number of aromatic nitrogens is 2. The lowest BCUT2D eigenvalue weighted by molar-refractivity contribution is 1.01. The second-order valence-electron chi connectivity index (χ2n) is 3.51. The minimum absolute atomic E-state index is 0.782. The van der Waals surface area contributed by atoms with Crippen LogP contribution in [-0.4, -0.2) is 16.2 Å². The molecule has 3 nitrogen and oxygen atoms in total. The molecule has 0 radical (unpaired) electrons. The number of fused-ring (bicyclic) bond motifs is 1. The molecule has 3 rings (SSSR count). The molecule has 0 amide bonds. The Hall–Kier alpha value is -1.20. The predicted octanol–water partition coefficient (Wildman–Crippen LogP) is 2.93. The van der Waals surface area contributed by atoms with Gasteiger partial charge < -0.3 is 0 Å². The van der Waals surface area contributed by atoms with Crippen molar-refractivity contribution in [2.24, 2.45) is 4.99 Å². The largest absolute Gasteiger partial charge is 0.288 e. The Morgan fingerprint density at radius 1 is 1.44 bits per heavy atom. The zero-order valence-electron chi connectivity index (χ0n) is 8.67. The molecule has 0 atom stereocenters. The maximum Gasteiger partial charge on any atom is 0.156 e. The third-order valence-electron chi connectivity index (χ3n) is 2.31. The van der Waals surface area contributed by atoms with E-state index in [1.54, 1.807) is 23.1 Å². The van der Waals surface area contributed by atoms with Crippen molar-refractivity contribution in [3.8, 4) is 0 Å². The Labute approximate surface area is 102 Å². The van der Waals surface area contributed by atoms with Crippen LogP contribution in [0, 0.1) is 6.92 Å². The lowest BCUT2D eigenvalue weighted by Gasteiger charge is -2.05. The molecule has 2 aromatic heterocycles. The second-order valence-corrected chi connectivity index (χ2v) is 5.64. The zero-order chi connectivity index (χ0) is 11.0. The molecule has 1 aliphatic rings. The van der Waals surface area contributed by atoms with Crippen molar-refractivity contribution in [1.82, 2.24) is 9.97 Å². The van der Waals surface area contributed by atoms with Crippen LogP contribution >= 0.6 is 23.1 Å². The van der Waals surface area contributed by atoms with Crippen LogP contribution in [0.5, 0.6) is 0 Å². The Bertz CT molecular complexity index is 547. The van der Waals surface area contributed by atoms with E-state index >= 15 is 0 Å². The van der Waals surface area contributed by atoms with E-state index in [1.165, 1.54) is 5.56 Å². The van der Waals surface area contributed by atoms with Crippen LogP contribution < -0.4 is 0 Å². The molecule has 2 aromatic rings. The Morgan fingerprint density at radius 2 is 2.38 bits per heavy atom. The van der Waals surface area contributed by atoms with Gasteiger partial charge in [-0.1, -0.05) is 0 Å². The first-order chi connectivity index (χ1) is 7.83. The highest BCUT2D eigenvalue weighted by Gasteiger charge is 2.15. The van der Waals surface area contributed by atoms with Gasteiger partial charge in [0.25, 0.3) is 0 Å². The summed E-state index contributed by atoms with van der Waals surface area (Å²) < 4.78 is 1.03. The standard InChI is InChI=1S/C11H9N3S2/c1-7-4-8-5-12-6-9(8)10(14-7)16-11-13-2-3-15-11/h2-4,6H,5H2,1H3. The van der Waals surface area contributed by atoms with Gasteiger partial charge in [0.2, 0.25) is 0 Å². The molecular weight excluding hydrogens is 238 g/mol. The van der Waals surface area contributed by atoms with Crippen LogP contribution in [-0.2, 0) is 6.54 Å². The molecule has 0 spiro atoms. The highest BCUT2D eigenvalue weighted by molar-refractivity contribution is 8.01. The zero-order valence-corrected chi connectivity index (χ0v) is 10.3. The van der Waals surface area contributed by atoms with Gasteiger partial charge in [-0.3, -0.25) is 4.99 Å². The summed E-state index contributed by atoms with van der Waals surface area (Å²) in [5, 5.41) is 3.00. The van der Waals surface area contributed by atoms with E-state index < -0.39 is 0 Å². The van der Waals surface area contributed by atoms with Crippen LogP contribution in [0.4, 0.5) is 0 Å². The van der Waals surface area contributed by atoms with Crippen molar-refractivity contribution in [2.75, 3.05) is 0 Å². The average molecular weight is 247 g/mol. The smallest absolute Gasteiger partial charge is 0.156 e. The summed E-state index contributed by atoms with van der Waals surface area (Å²) in [6.45, 7) is 2.80. The van der Waals surface area contributed by atoms with E-state index in [0.29, 0.717) is 0 Å². The average Bonchev–Trinajstić information content (AvgIpc) is 2.87. The molecule has 3 heterocycles. The number of nitrogens with zero attached hydrogens (tertiary/aromatic N) is 3. The highest BCUT2D eigenvalue weighted by Crippen LogP contribution is 2.32. The van der Waals surface area contributed by atoms with Gasteiger partial charge in [0.05, 0.1) is 6.54 Å². The molecule has 0 saturated heterocycles. The Kier molecular flexibility index (Phi) is 2.49. The van der Waals surface area contributed by atoms with Crippen molar-refractivity contribution < 1.29 is 0 Å². The molecule has 0 fully saturated rings. The van der Waals surface area contributed by atoms with Crippen molar-refractivity contribution in [1.29, 1.82) is 0 Å². The lowest BCUT2D eigenvalue weighted by atomic mass is 10.1. The van der Waals surface area contributed by atoms with Crippen molar-refractivity contribution >= 4 is 29.3 Å².